The van der Waals surface area contributed by atoms with Gasteiger partial charge in [-0.1, -0.05) is 0 Å². The molecule has 0 atom stereocenters. The Morgan fingerprint density at radius 2 is 2.00 bits per heavy atom. The van der Waals surface area contributed by atoms with Gasteiger partial charge in [-0.05, 0) is 17.7 Å². The predicted octanol–water partition coefficient (Wildman–Crippen LogP) is 1.60. The van der Waals surface area contributed by atoms with Crippen LogP contribution in [-0.2, 0) is 0 Å². The van der Waals surface area contributed by atoms with Crippen LogP contribution in [0.15, 0.2) is 47.5 Å². The molecule has 3 rings (SSSR count). The number of H-pyrrole nitrogens is 1. The van der Waals surface area contributed by atoms with Gasteiger partial charge in [0.25, 0.3) is 11.2 Å². The molecule has 0 saturated heterocycles. The molecule has 2 heterocycles. The number of fused-ring (bicyclic) bond motifs is 1. The lowest BCUT2D eigenvalue weighted by atomic mass is 10.1. The van der Waals surface area contributed by atoms with Crippen LogP contribution in [0, 0.1) is 10.1 Å². The Kier molecular flexibility index (Phi) is 2.38. The van der Waals surface area contributed by atoms with Crippen molar-refractivity contribution in [1.82, 2.24) is 14.4 Å². The van der Waals surface area contributed by atoms with Crippen LogP contribution in [0.25, 0.3) is 17.0 Å². The second-order valence-corrected chi connectivity index (χ2v) is 3.95. The lowest BCUT2D eigenvalue weighted by Crippen LogP contribution is -2.12. The molecule has 19 heavy (non-hydrogen) atoms. The topological polar surface area (TPSA) is 93.3 Å². The van der Waals surface area contributed by atoms with Gasteiger partial charge in [0, 0.05) is 30.6 Å². The highest BCUT2D eigenvalue weighted by Gasteiger charge is 2.07. The third kappa shape index (κ3) is 1.86. The number of nitrogens with zero attached hydrogens (tertiary/aromatic N) is 3. The second-order valence-electron chi connectivity index (χ2n) is 3.95. The Hall–Kier alpha value is -2.96. The number of non-ortho nitro benzene ring substituents is 1. The summed E-state index contributed by atoms with van der Waals surface area (Å²) in [5.41, 5.74) is 1.05. The Balaban J connectivity index is 2.13. The van der Waals surface area contributed by atoms with E-state index in [9.17, 15) is 14.9 Å². The van der Waals surface area contributed by atoms with Crippen molar-refractivity contribution in [1.29, 1.82) is 0 Å². The quantitative estimate of drug-likeness (QED) is 0.556. The number of hydrogen-bond donors (Lipinski definition) is 1. The number of hydrogen-bond acceptors (Lipinski definition) is 4. The molecule has 1 N–H and O–H groups in total. The zero-order chi connectivity index (χ0) is 13.4. The number of imidazole rings is 1. The summed E-state index contributed by atoms with van der Waals surface area (Å²) < 4.78 is 1.38. The molecule has 2 aromatic heterocycles. The smallest absolute Gasteiger partial charge is 0.269 e. The molecule has 94 valence electrons. The van der Waals surface area contributed by atoms with E-state index in [0.717, 1.165) is 0 Å². The molecule has 0 amide bonds. The first-order chi connectivity index (χ1) is 9.15. The molecule has 1 aromatic carbocycles. The summed E-state index contributed by atoms with van der Waals surface area (Å²) in [5, 5.41) is 10.6. The van der Waals surface area contributed by atoms with Crippen LogP contribution in [0.1, 0.15) is 0 Å². The van der Waals surface area contributed by atoms with Crippen molar-refractivity contribution in [2.75, 3.05) is 0 Å². The van der Waals surface area contributed by atoms with E-state index >= 15 is 0 Å². The summed E-state index contributed by atoms with van der Waals surface area (Å²) in [6.07, 6.45) is 3.08. The lowest BCUT2D eigenvalue weighted by molar-refractivity contribution is -0.384. The van der Waals surface area contributed by atoms with Crippen molar-refractivity contribution in [3.8, 4) is 11.3 Å². The molecular weight excluding hydrogens is 248 g/mol. The normalized spacial score (nSPS) is 10.7. The maximum atomic E-state index is 11.8. The van der Waals surface area contributed by atoms with Crippen LogP contribution >= 0.6 is 0 Å². The Morgan fingerprint density at radius 3 is 2.68 bits per heavy atom. The molecule has 0 aliphatic rings. The van der Waals surface area contributed by atoms with Crippen LogP contribution in [0.5, 0.6) is 0 Å². The molecule has 7 nitrogen and oxygen atoms in total. The number of nitro benzene ring substituents is 1. The number of nitrogens with one attached hydrogen (secondary N) is 1. The maximum Gasteiger partial charge on any atom is 0.269 e. The average molecular weight is 256 g/mol. The van der Waals surface area contributed by atoms with Crippen molar-refractivity contribution >= 4 is 11.5 Å². The van der Waals surface area contributed by atoms with E-state index in [0.29, 0.717) is 17.0 Å². The highest BCUT2D eigenvalue weighted by Crippen LogP contribution is 2.19. The minimum atomic E-state index is -0.468. The second kappa shape index (κ2) is 4.05. The van der Waals surface area contributed by atoms with Crippen molar-refractivity contribution < 1.29 is 4.92 Å². The van der Waals surface area contributed by atoms with Crippen LogP contribution in [0.3, 0.4) is 0 Å². The molecule has 0 bridgehead atoms. The standard InChI is InChI=1S/C12H8N4O3/c17-11-7-10(14-12-13-5-6-15(11)12)8-1-3-9(4-2-8)16(18)19/h1-7H,(H,13,14). The van der Waals surface area contributed by atoms with Crippen LogP contribution in [0.4, 0.5) is 5.69 Å². The largest absolute Gasteiger partial charge is 0.324 e. The van der Waals surface area contributed by atoms with Crippen molar-refractivity contribution in [3.05, 3.63) is 63.2 Å². The highest BCUT2D eigenvalue weighted by molar-refractivity contribution is 5.62. The lowest BCUT2D eigenvalue weighted by Gasteiger charge is -2.02. The molecule has 0 aliphatic heterocycles. The summed E-state index contributed by atoms with van der Waals surface area (Å²) in [7, 11) is 0. The van der Waals surface area contributed by atoms with Gasteiger partial charge in [-0.3, -0.25) is 19.3 Å². The number of aromatic amines is 1. The van der Waals surface area contributed by atoms with Crippen LogP contribution in [-0.4, -0.2) is 19.3 Å². The first-order valence-electron chi connectivity index (χ1n) is 5.46. The van der Waals surface area contributed by atoms with Gasteiger partial charge in [0.1, 0.15) is 0 Å². The summed E-state index contributed by atoms with van der Waals surface area (Å²) in [5.74, 6) is 0.431. The van der Waals surface area contributed by atoms with Crippen molar-refractivity contribution in [2.24, 2.45) is 0 Å². The fraction of sp³-hybridized carbons (Fsp3) is 0. The van der Waals surface area contributed by atoms with Crippen molar-refractivity contribution in [3.63, 3.8) is 0 Å². The SMILES string of the molecule is O=c1cc(-c2ccc([N+](=O)[O-])cc2)[nH]c2nccn12. The number of aromatic nitrogens is 3. The Morgan fingerprint density at radius 1 is 1.26 bits per heavy atom. The molecule has 0 unspecified atom stereocenters. The van der Waals surface area contributed by atoms with E-state index in [-0.39, 0.29) is 11.2 Å². The van der Waals surface area contributed by atoms with Gasteiger partial charge in [0.05, 0.1) is 10.6 Å². The number of benzene rings is 1. The van der Waals surface area contributed by atoms with Crippen LogP contribution in [0.2, 0.25) is 0 Å². The summed E-state index contributed by atoms with van der Waals surface area (Å²) in [6, 6.07) is 7.38. The van der Waals surface area contributed by atoms with Gasteiger partial charge in [0.15, 0.2) is 0 Å². The molecule has 0 spiro atoms. The van der Waals surface area contributed by atoms with E-state index in [1.807, 2.05) is 0 Å². The average Bonchev–Trinajstić information content (AvgIpc) is 2.87. The highest BCUT2D eigenvalue weighted by atomic mass is 16.6. The molecule has 0 saturated carbocycles. The molecule has 0 aliphatic carbocycles. The van der Waals surface area contributed by atoms with Gasteiger partial charge in [0.2, 0.25) is 5.78 Å². The van der Waals surface area contributed by atoms with Gasteiger partial charge < -0.3 is 4.98 Å². The summed E-state index contributed by atoms with van der Waals surface area (Å²) in [6.45, 7) is 0. The maximum absolute atomic E-state index is 11.8. The van der Waals surface area contributed by atoms with Crippen molar-refractivity contribution in [2.45, 2.75) is 0 Å². The predicted molar refractivity (Wildman–Crippen MR) is 67.9 cm³/mol. The zero-order valence-electron chi connectivity index (χ0n) is 9.61. The minimum Gasteiger partial charge on any atom is -0.324 e. The fourth-order valence-corrected chi connectivity index (χ4v) is 1.84. The van der Waals surface area contributed by atoms with E-state index in [4.69, 9.17) is 0 Å². The Bertz CT molecular complexity index is 817. The molecule has 0 fully saturated rings. The first kappa shape index (κ1) is 11.1. The number of rotatable bonds is 2. The zero-order valence-corrected chi connectivity index (χ0v) is 9.61. The molecule has 7 heteroatoms. The van der Waals surface area contributed by atoms with E-state index in [1.54, 1.807) is 18.3 Å². The third-order valence-corrected chi connectivity index (χ3v) is 2.78. The summed E-state index contributed by atoms with van der Waals surface area (Å²) >= 11 is 0. The van der Waals surface area contributed by atoms with Gasteiger partial charge in [-0.25, -0.2) is 4.98 Å². The summed E-state index contributed by atoms with van der Waals surface area (Å²) in [4.78, 5) is 28.9. The van der Waals surface area contributed by atoms with E-state index < -0.39 is 4.92 Å². The molecule has 0 radical (unpaired) electrons. The molecule has 3 aromatic rings. The van der Waals surface area contributed by atoms with E-state index in [2.05, 4.69) is 9.97 Å². The van der Waals surface area contributed by atoms with Gasteiger partial charge in [-0.15, -0.1) is 0 Å². The Labute approximate surface area is 106 Å². The van der Waals surface area contributed by atoms with Gasteiger partial charge in [-0.2, -0.15) is 0 Å². The fourth-order valence-electron chi connectivity index (χ4n) is 1.84. The number of nitro groups is 1. The van der Waals surface area contributed by atoms with Crippen LogP contribution < -0.4 is 5.56 Å². The van der Waals surface area contributed by atoms with E-state index in [1.165, 1.54) is 28.8 Å². The molecular formula is C12H8N4O3. The minimum absolute atomic E-state index is 0.00739. The first-order valence-corrected chi connectivity index (χ1v) is 5.46. The monoisotopic (exact) mass is 256 g/mol. The van der Waals surface area contributed by atoms with Gasteiger partial charge >= 0.3 is 0 Å². The third-order valence-electron chi connectivity index (χ3n) is 2.78.